The summed E-state index contributed by atoms with van der Waals surface area (Å²) in [5.41, 5.74) is 1.59. The average Bonchev–Trinajstić information content (AvgIpc) is 3.26. The van der Waals surface area contributed by atoms with Crippen molar-refractivity contribution in [3.63, 3.8) is 0 Å². The lowest BCUT2D eigenvalue weighted by Gasteiger charge is -2.29. The predicted octanol–water partition coefficient (Wildman–Crippen LogP) is 0.295. The zero-order valence-corrected chi connectivity index (χ0v) is 14.5. The van der Waals surface area contributed by atoms with Crippen molar-refractivity contribution >= 4 is 29.3 Å². The third kappa shape index (κ3) is 2.88. The van der Waals surface area contributed by atoms with E-state index in [2.05, 4.69) is 20.6 Å². The van der Waals surface area contributed by atoms with Crippen molar-refractivity contribution in [3.8, 4) is 6.07 Å². The van der Waals surface area contributed by atoms with Gasteiger partial charge < -0.3 is 15.2 Å². The summed E-state index contributed by atoms with van der Waals surface area (Å²) >= 11 is 0. The van der Waals surface area contributed by atoms with Gasteiger partial charge >= 0.3 is 0 Å². The van der Waals surface area contributed by atoms with Gasteiger partial charge in [-0.15, -0.1) is 0 Å². The van der Waals surface area contributed by atoms with Gasteiger partial charge in [0.25, 0.3) is 11.8 Å². The number of amides is 4. The summed E-state index contributed by atoms with van der Waals surface area (Å²) in [6.45, 7) is 0.206. The van der Waals surface area contributed by atoms with E-state index in [1.54, 1.807) is 18.2 Å². The third-order valence-electron chi connectivity index (χ3n) is 4.75. The quantitative estimate of drug-likeness (QED) is 0.654. The van der Waals surface area contributed by atoms with Crippen LogP contribution in [0.2, 0.25) is 0 Å². The maximum absolute atomic E-state index is 12.7. The second-order valence-corrected chi connectivity index (χ2v) is 6.46. The highest BCUT2D eigenvalue weighted by Crippen LogP contribution is 2.29. The van der Waals surface area contributed by atoms with Crippen LogP contribution in [0.1, 0.15) is 44.9 Å². The molecule has 1 aromatic heterocycles. The number of imidazole rings is 1. The van der Waals surface area contributed by atoms with Gasteiger partial charge in [0.05, 0.1) is 6.33 Å². The van der Waals surface area contributed by atoms with Crippen LogP contribution in [-0.4, -0.2) is 44.5 Å². The first-order valence-corrected chi connectivity index (χ1v) is 8.50. The van der Waals surface area contributed by atoms with E-state index in [-0.39, 0.29) is 42.6 Å². The molecule has 1 aromatic carbocycles. The van der Waals surface area contributed by atoms with Gasteiger partial charge in [-0.05, 0) is 30.2 Å². The smallest absolute Gasteiger partial charge is 0.275 e. The number of nitrogens with one attached hydrogen (secondary N) is 3. The van der Waals surface area contributed by atoms with Crippen molar-refractivity contribution in [1.29, 1.82) is 5.26 Å². The van der Waals surface area contributed by atoms with Crippen molar-refractivity contribution in [2.45, 2.75) is 25.4 Å². The second-order valence-electron chi connectivity index (χ2n) is 6.46. The molecular formula is C18H14N6O4. The monoisotopic (exact) mass is 378 g/mol. The summed E-state index contributed by atoms with van der Waals surface area (Å²) in [7, 11) is 0. The Labute approximate surface area is 158 Å². The molecule has 0 radical (unpaired) electrons. The largest absolute Gasteiger partial charge is 0.339 e. The molecule has 0 saturated carbocycles. The molecule has 2 aromatic rings. The number of H-pyrrole nitrogens is 1. The molecule has 1 saturated heterocycles. The van der Waals surface area contributed by atoms with E-state index in [9.17, 15) is 19.2 Å². The number of rotatable bonds is 3. The first-order chi connectivity index (χ1) is 13.5. The molecule has 2 aliphatic rings. The van der Waals surface area contributed by atoms with Gasteiger partial charge in [0.1, 0.15) is 17.8 Å². The Hall–Kier alpha value is -4.00. The first-order valence-electron chi connectivity index (χ1n) is 8.50. The Kier molecular flexibility index (Phi) is 4.12. The number of hydrogen-bond acceptors (Lipinski definition) is 6. The van der Waals surface area contributed by atoms with E-state index < -0.39 is 17.9 Å². The van der Waals surface area contributed by atoms with Gasteiger partial charge in [0.15, 0.2) is 5.69 Å². The van der Waals surface area contributed by atoms with Crippen LogP contribution in [0.25, 0.3) is 0 Å². The van der Waals surface area contributed by atoms with Gasteiger partial charge in [0.2, 0.25) is 11.8 Å². The van der Waals surface area contributed by atoms with Crippen LogP contribution in [0.5, 0.6) is 0 Å². The van der Waals surface area contributed by atoms with Gasteiger partial charge in [-0.1, -0.05) is 0 Å². The molecule has 1 unspecified atom stereocenters. The fraction of sp³-hybridized carbons (Fsp3) is 0.222. The summed E-state index contributed by atoms with van der Waals surface area (Å²) in [5, 5.41) is 13.9. The summed E-state index contributed by atoms with van der Waals surface area (Å²) in [6.07, 6.45) is 1.72. The molecule has 3 N–H and O–H groups in total. The molecule has 10 nitrogen and oxygen atoms in total. The molecular weight excluding hydrogens is 364 g/mol. The minimum Gasteiger partial charge on any atom is -0.339 e. The number of anilines is 1. The van der Waals surface area contributed by atoms with Crippen molar-refractivity contribution in [1.82, 2.24) is 20.2 Å². The molecule has 3 heterocycles. The zero-order chi connectivity index (χ0) is 19.8. The molecule has 28 heavy (non-hydrogen) atoms. The molecule has 140 valence electrons. The van der Waals surface area contributed by atoms with E-state index in [1.165, 1.54) is 11.2 Å². The molecule has 1 atom stereocenters. The Morgan fingerprint density at radius 2 is 2.14 bits per heavy atom. The van der Waals surface area contributed by atoms with Gasteiger partial charge in [0, 0.05) is 24.2 Å². The topological polar surface area (TPSA) is 148 Å². The lowest BCUT2D eigenvalue weighted by atomic mass is 10.0. The number of nitrogens with zero attached hydrogens (tertiary/aromatic N) is 3. The molecule has 2 aliphatic heterocycles. The standard InChI is InChI=1S/C18H14N6O4/c19-6-12-15(21-8-20-12)17(27)22-10-1-2-11-9(5-10)7-24(18(11)28)13-3-4-14(25)23-16(13)26/h1-2,5,8,13H,3-4,7H2,(H,20,21)(H,22,27)(H,23,25,26). The minimum atomic E-state index is -0.696. The number of benzene rings is 1. The van der Waals surface area contributed by atoms with Crippen molar-refractivity contribution in [3.05, 3.63) is 47.0 Å². The van der Waals surface area contributed by atoms with Crippen molar-refractivity contribution < 1.29 is 19.2 Å². The first kappa shape index (κ1) is 17.4. The Morgan fingerprint density at radius 1 is 1.32 bits per heavy atom. The van der Waals surface area contributed by atoms with Crippen molar-refractivity contribution in [2.75, 3.05) is 5.32 Å². The molecule has 1 fully saturated rings. The number of piperidine rings is 1. The van der Waals surface area contributed by atoms with Crippen LogP contribution in [-0.2, 0) is 16.1 Å². The van der Waals surface area contributed by atoms with E-state index in [1.807, 2.05) is 6.07 Å². The van der Waals surface area contributed by atoms with E-state index in [0.29, 0.717) is 16.8 Å². The number of carbonyl (C=O) groups excluding carboxylic acids is 4. The normalized spacial score (nSPS) is 18.5. The summed E-state index contributed by atoms with van der Waals surface area (Å²) in [5.74, 6) is -1.64. The van der Waals surface area contributed by atoms with Crippen LogP contribution < -0.4 is 10.6 Å². The van der Waals surface area contributed by atoms with Gasteiger partial charge in [-0.25, -0.2) is 4.98 Å². The van der Waals surface area contributed by atoms with Crippen molar-refractivity contribution in [2.24, 2.45) is 0 Å². The summed E-state index contributed by atoms with van der Waals surface area (Å²) in [4.78, 5) is 56.2. The van der Waals surface area contributed by atoms with E-state index in [0.717, 1.165) is 0 Å². The summed E-state index contributed by atoms with van der Waals surface area (Å²) in [6, 6.07) is 5.93. The van der Waals surface area contributed by atoms with Gasteiger partial charge in [-0.2, -0.15) is 5.26 Å². The lowest BCUT2D eigenvalue weighted by molar-refractivity contribution is -0.136. The second kappa shape index (κ2) is 6.62. The zero-order valence-electron chi connectivity index (χ0n) is 14.5. The number of imide groups is 1. The number of aromatic nitrogens is 2. The number of nitriles is 1. The Bertz CT molecular complexity index is 1070. The fourth-order valence-corrected chi connectivity index (χ4v) is 3.40. The highest BCUT2D eigenvalue weighted by molar-refractivity contribution is 6.07. The molecule has 0 aliphatic carbocycles. The molecule has 10 heteroatoms. The highest BCUT2D eigenvalue weighted by atomic mass is 16.2. The highest BCUT2D eigenvalue weighted by Gasteiger charge is 2.39. The number of fused-ring (bicyclic) bond motifs is 1. The number of carbonyl (C=O) groups is 4. The summed E-state index contributed by atoms with van der Waals surface area (Å²) < 4.78 is 0. The maximum Gasteiger partial charge on any atom is 0.275 e. The Balaban J connectivity index is 1.53. The average molecular weight is 378 g/mol. The van der Waals surface area contributed by atoms with Crippen LogP contribution >= 0.6 is 0 Å². The minimum absolute atomic E-state index is 0.0159. The number of hydrogen-bond donors (Lipinski definition) is 3. The molecule has 4 amide bonds. The SMILES string of the molecule is N#Cc1nc[nH]c1C(=O)Nc1ccc2c(c1)CN(C1CCC(=O)NC1=O)C2=O. The van der Waals surface area contributed by atoms with Gasteiger partial charge in [-0.3, -0.25) is 24.5 Å². The van der Waals surface area contributed by atoms with Crippen LogP contribution in [0, 0.1) is 11.3 Å². The molecule has 4 rings (SSSR count). The predicted molar refractivity (Wildman–Crippen MR) is 93.7 cm³/mol. The Morgan fingerprint density at radius 3 is 2.89 bits per heavy atom. The van der Waals surface area contributed by atoms with Crippen LogP contribution in [0.15, 0.2) is 24.5 Å². The number of aromatic amines is 1. The van der Waals surface area contributed by atoms with E-state index >= 15 is 0 Å². The fourth-order valence-electron chi connectivity index (χ4n) is 3.40. The molecule has 0 bridgehead atoms. The molecule has 0 spiro atoms. The maximum atomic E-state index is 12.7. The van der Waals surface area contributed by atoms with Crippen LogP contribution in [0.4, 0.5) is 5.69 Å². The van der Waals surface area contributed by atoms with Crippen LogP contribution in [0.3, 0.4) is 0 Å². The third-order valence-corrected chi connectivity index (χ3v) is 4.75. The lowest BCUT2D eigenvalue weighted by Crippen LogP contribution is -2.52. The van der Waals surface area contributed by atoms with E-state index in [4.69, 9.17) is 5.26 Å².